The van der Waals surface area contributed by atoms with Crippen LogP contribution in [0.5, 0.6) is 0 Å². The molecule has 0 bridgehead atoms. The number of nitrogens with one attached hydrogen (secondary N) is 1. The zero-order chi connectivity index (χ0) is 18.6. The number of nitrogens with two attached hydrogens (primary N) is 1. The maximum absolute atomic E-state index is 12.6. The Morgan fingerprint density at radius 1 is 1.32 bits per heavy atom. The van der Waals surface area contributed by atoms with Crippen molar-refractivity contribution in [2.75, 3.05) is 26.0 Å². The molecule has 1 aliphatic heterocycles. The molecule has 1 aromatic rings. The van der Waals surface area contributed by atoms with Crippen LogP contribution in [0.1, 0.15) is 36.0 Å². The molecule has 0 unspecified atom stereocenters. The first-order valence-corrected chi connectivity index (χ1v) is 8.54. The van der Waals surface area contributed by atoms with Gasteiger partial charge < -0.3 is 20.9 Å². The molecule has 1 aliphatic rings. The van der Waals surface area contributed by atoms with E-state index in [-0.39, 0.29) is 24.4 Å². The van der Waals surface area contributed by atoms with E-state index in [4.69, 9.17) is 17.3 Å². The van der Waals surface area contributed by atoms with Crippen molar-refractivity contribution in [2.24, 2.45) is 5.73 Å². The van der Waals surface area contributed by atoms with E-state index in [9.17, 15) is 14.4 Å². The summed E-state index contributed by atoms with van der Waals surface area (Å²) in [6.45, 7) is 0.570. The van der Waals surface area contributed by atoms with Crippen LogP contribution in [0.4, 0.5) is 10.5 Å². The summed E-state index contributed by atoms with van der Waals surface area (Å²) in [6.07, 6.45) is 2.75. The molecule has 0 aliphatic carbocycles. The zero-order valence-electron chi connectivity index (χ0n) is 14.4. The highest BCUT2D eigenvalue weighted by Crippen LogP contribution is 2.24. The summed E-state index contributed by atoms with van der Waals surface area (Å²) in [5, 5.41) is 3.10. The Hall–Kier alpha value is -2.28. The number of anilines is 1. The smallest absolute Gasteiger partial charge is 0.322 e. The Kier molecular flexibility index (Phi) is 6.25. The molecule has 3 N–H and O–H groups in total. The van der Waals surface area contributed by atoms with Crippen LogP contribution in [0, 0.1) is 0 Å². The van der Waals surface area contributed by atoms with Gasteiger partial charge in [-0.3, -0.25) is 9.59 Å². The Morgan fingerprint density at radius 3 is 2.68 bits per heavy atom. The molecule has 25 heavy (non-hydrogen) atoms. The fourth-order valence-electron chi connectivity index (χ4n) is 2.92. The Bertz CT molecular complexity index is 678. The lowest BCUT2D eigenvalue weighted by Gasteiger charge is -2.35. The molecule has 8 heteroatoms. The number of likely N-dealkylation sites (tertiary alicyclic amines) is 1. The third-order valence-electron chi connectivity index (χ3n) is 4.18. The average molecular weight is 367 g/mol. The first kappa shape index (κ1) is 19.1. The molecule has 1 saturated heterocycles. The number of hydrogen-bond acceptors (Lipinski definition) is 3. The van der Waals surface area contributed by atoms with Gasteiger partial charge in [0.25, 0.3) is 5.91 Å². The Labute approximate surface area is 152 Å². The van der Waals surface area contributed by atoms with Gasteiger partial charge in [-0.1, -0.05) is 11.6 Å². The lowest BCUT2D eigenvalue weighted by Crippen LogP contribution is -2.47. The van der Waals surface area contributed by atoms with Gasteiger partial charge in [-0.2, -0.15) is 0 Å². The molecule has 0 aromatic heterocycles. The molecular weight excluding hydrogens is 344 g/mol. The number of carbonyl (C=O) groups excluding carboxylic acids is 3. The van der Waals surface area contributed by atoms with E-state index in [1.165, 1.54) is 4.90 Å². The summed E-state index contributed by atoms with van der Waals surface area (Å²) in [7, 11) is 3.26. The monoisotopic (exact) mass is 366 g/mol. The van der Waals surface area contributed by atoms with Gasteiger partial charge in [-0.25, -0.2) is 4.79 Å². The fraction of sp³-hybridized carbons (Fsp3) is 0.471. The second-order valence-electron chi connectivity index (χ2n) is 6.34. The standard InChI is InChI=1S/C17H23ClN4O3/c1-21(2)16(24)13-9-11(6-7-14(13)18)20-17(25)22-8-4-3-5-12(22)10-15(19)23/h6-7,9,12H,3-5,8,10H2,1-2H3,(H2,19,23)(H,20,25)/t12-/m0/s1. The topological polar surface area (TPSA) is 95.7 Å². The number of primary amides is 1. The molecule has 0 saturated carbocycles. The molecule has 1 aromatic carbocycles. The van der Waals surface area contributed by atoms with E-state index >= 15 is 0 Å². The van der Waals surface area contributed by atoms with Gasteiger partial charge in [-0.15, -0.1) is 0 Å². The lowest BCUT2D eigenvalue weighted by atomic mass is 9.99. The van der Waals surface area contributed by atoms with Gasteiger partial charge in [0, 0.05) is 38.8 Å². The van der Waals surface area contributed by atoms with Gasteiger partial charge >= 0.3 is 6.03 Å². The number of piperidine rings is 1. The number of amides is 4. The van der Waals surface area contributed by atoms with Gasteiger partial charge in [0.05, 0.1) is 10.6 Å². The van der Waals surface area contributed by atoms with E-state index in [1.54, 1.807) is 37.2 Å². The van der Waals surface area contributed by atoms with Crippen molar-refractivity contribution in [1.82, 2.24) is 9.80 Å². The molecule has 1 heterocycles. The first-order chi connectivity index (χ1) is 11.8. The van der Waals surface area contributed by atoms with Crippen LogP contribution in [-0.4, -0.2) is 54.3 Å². The summed E-state index contributed by atoms with van der Waals surface area (Å²) in [5.41, 5.74) is 6.07. The SMILES string of the molecule is CN(C)C(=O)c1cc(NC(=O)N2CCCC[C@H]2CC(N)=O)ccc1Cl. The highest BCUT2D eigenvalue weighted by Gasteiger charge is 2.28. The molecule has 0 radical (unpaired) electrons. The summed E-state index contributed by atoms with van der Waals surface area (Å²) in [4.78, 5) is 39.0. The number of rotatable bonds is 4. The number of halogens is 1. The Morgan fingerprint density at radius 2 is 2.04 bits per heavy atom. The molecule has 1 atom stereocenters. The van der Waals surface area contributed by atoms with Crippen LogP contribution in [0.3, 0.4) is 0 Å². The zero-order valence-corrected chi connectivity index (χ0v) is 15.2. The highest BCUT2D eigenvalue weighted by molar-refractivity contribution is 6.34. The number of nitrogens with zero attached hydrogens (tertiary/aromatic N) is 2. The second kappa shape index (κ2) is 8.20. The molecule has 0 spiro atoms. The van der Waals surface area contributed by atoms with Crippen LogP contribution >= 0.6 is 11.6 Å². The average Bonchev–Trinajstić information content (AvgIpc) is 2.55. The van der Waals surface area contributed by atoms with E-state index < -0.39 is 5.91 Å². The maximum atomic E-state index is 12.6. The fourth-order valence-corrected chi connectivity index (χ4v) is 3.11. The van der Waals surface area contributed by atoms with E-state index in [2.05, 4.69) is 5.32 Å². The minimum Gasteiger partial charge on any atom is -0.370 e. The maximum Gasteiger partial charge on any atom is 0.322 e. The number of hydrogen-bond donors (Lipinski definition) is 2. The minimum atomic E-state index is -0.421. The molecule has 4 amide bonds. The van der Waals surface area contributed by atoms with Gasteiger partial charge in [0.1, 0.15) is 0 Å². The van der Waals surface area contributed by atoms with Crippen molar-refractivity contribution in [1.29, 1.82) is 0 Å². The summed E-state index contributed by atoms with van der Waals surface area (Å²) >= 11 is 6.08. The summed E-state index contributed by atoms with van der Waals surface area (Å²) in [6, 6.07) is 4.26. The van der Waals surface area contributed by atoms with Gasteiger partial charge in [0.2, 0.25) is 5.91 Å². The molecular formula is C17H23ClN4O3. The van der Waals surface area contributed by atoms with Crippen LogP contribution in [0.2, 0.25) is 5.02 Å². The van der Waals surface area contributed by atoms with Crippen molar-refractivity contribution >= 4 is 35.1 Å². The Balaban J connectivity index is 2.15. The van der Waals surface area contributed by atoms with E-state index in [1.807, 2.05) is 0 Å². The molecule has 7 nitrogen and oxygen atoms in total. The van der Waals surface area contributed by atoms with Crippen molar-refractivity contribution in [2.45, 2.75) is 31.7 Å². The van der Waals surface area contributed by atoms with Crippen LogP contribution in [0.15, 0.2) is 18.2 Å². The predicted octanol–water partition coefficient (Wildman–Crippen LogP) is 2.30. The van der Waals surface area contributed by atoms with E-state index in [0.717, 1.165) is 19.3 Å². The van der Waals surface area contributed by atoms with Crippen molar-refractivity contribution in [3.05, 3.63) is 28.8 Å². The largest absolute Gasteiger partial charge is 0.370 e. The summed E-state index contributed by atoms with van der Waals surface area (Å²) < 4.78 is 0. The van der Waals surface area contributed by atoms with Crippen LogP contribution in [0.25, 0.3) is 0 Å². The van der Waals surface area contributed by atoms with E-state index in [0.29, 0.717) is 22.8 Å². The lowest BCUT2D eigenvalue weighted by molar-refractivity contribution is -0.119. The highest BCUT2D eigenvalue weighted by atomic mass is 35.5. The number of urea groups is 1. The normalized spacial score (nSPS) is 17.1. The van der Waals surface area contributed by atoms with Crippen molar-refractivity contribution in [3.8, 4) is 0 Å². The van der Waals surface area contributed by atoms with Crippen LogP contribution < -0.4 is 11.1 Å². The number of benzene rings is 1. The van der Waals surface area contributed by atoms with Crippen molar-refractivity contribution < 1.29 is 14.4 Å². The van der Waals surface area contributed by atoms with Crippen LogP contribution in [-0.2, 0) is 4.79 Å². The molecule has 1 fully saturated rings. The second-order valence-corrected chi connectivity index (χ2v) is 6.74. The third kappa shape index (κ3) is 4.85. The summed E-state index contributed by atoms with van der Waals surface area (Å²) in [5.74, 6) is -0.666. The molecule has 136 valence electrons. The van der Waals surface area contributed by atoms with Gasteiger partial charge in [0.15, 0.2) is 0 Å². The quantitative estimate of drug-likeness (QED) is 0.855. The number of carbonyl (C=O) groups is 3. The van der Waals surface area contributed by atoms with Gasteiger partial charge in [-0.05, 0) is 37.5 Å². The minimum absolute atomic E-state index is 0.151. The molecule has 2 rings (SSSR count). The predicted molar refractivity (Wildman–Crippen MR) is 96.6 cm³/mol. The third-order valence-corrected chi connectivity index (χ3v) is 4.51. The van der Waals surface area contributed by atoms with Crippen molar-refractivity contribution in [3.63, 3.8) is 0 Å². The first-order valence-electron chi connectivity index (χ1n) is 8.16.